The highest BCUT2D eigenvalue weighted by molar-refractivity contribution is 5.92. The second-order valence-corrected chi connectivity index (χ2v) is 11.0. The van der Waals surface area contributed by atoms with E-state index in [1.54, 1.807) is 48.5 Å². The standard InChI is InChI=1S/C38H45NO5/c1-3-5-6-7-8-9-10-11-12-13-17-28-42-37-34(43-35(40)4-2)27-26-32(25-24-30-20-22-31(29-39)23-21-30)36(37)44-38(41)33-18-15-14-16-19-33/h4,14-16,18-23,26-27H,2-3,5-13,17,24-25,28H2,1H3. The number of rotatable bonds is 20. The van der Waals surface area contributed by atoms with Gasteiger partial charge in [-0.05, 0) is 60.7 Å². The van der Waals surface area contributed by atoms with E-state index in [2.05, 4.69) is 19.6 Å². The number of hydrogen-bond acceptors (Lipinski definition) is 6. The molecule has 0 atom stereocenters. The van der Waals surface area contributed by atoms with Crippen molar-refractivity contribution in [3.8, 4) is 23.3 Å². The van der Waals surface area contributed by atoms with Gasteiger partial charge in [-0.2, -0.15) is 5.26 Å². The lowest BCUT2D eigenvalue weighted by Crippen LogP contribution is -2.13. The highest BCUT2D eigenvalue weighted by atomic mass is 16.6. The van der Waals surface area contributed by atoms with Crippen LogP contribution in [0.1, 0.15) is 105 Å². The normalized spacial score (nSPS) is 10.5. The molecule has 3 aromatic rings. The van der Waals surface area contributed by atoms with Crippen LogP contribution in [0.4, 0.5) is 0 Å². The summed E-state index contributed by atoms with van der Waals surface area (Å²) < 4.78 is 17.7. The number of benzene rings is 3. The van der Waals surface area contributed by atoms with Gasteiger partial charge in [0, 0.05) is 6.08 Å². The fourth-order valence-electron chi connectivity index (χ4n) is 4.95. The maximum atomic E-state index is 13.2. The Morgan fingerprint density at radius 1 is 0.750 bits per heavy atom. The molecule has 0 unspecified atom stereocenters. The first-order valence-electron chi connectivity index (χ1n) is 15.9. The molecule has 232 valence electrons. The lowest BCUT2D eigenvalue weighted by Gasteiger charge is -2.19. The number of ether oxygens (including phenoxy) is 3. The lowest BCUT2D eigenvalue weighted by atomic mass is 10.0. The number of unbranched alkanes of at least 4 members (excludes halogenated alkanes) is 10. The highest BCUT2D eigenvalue weighted by Crippen LogP contribution is 2.42. The lowest BCUT2D eigenvalue weighted by molar-refractivity contribution is -0.129. The number of carbonyl (C=O) groups excluding carboxylic acids is 2. The summed E-state index contributed by atoms with van der Waals surface area (Å²) >= 11 is 0. The molecule has 0 bridgehead atoms. The Balaban J connectivity index is 1.73. The van der Waals surface area contributed by atoms with Crippen molar-refractivity contribution in [3.63, 3.8) is 0 Å². The van der Waals surface area contributed by atoms with Gasteiger partial charge in [0.05, 0.1) is 23.8 Å². The molecule has 0 amide bonds. The number of hydrogen-bond donors (Lipinski definition) is 0. The van der Waals surface area contributed by atoms with Crippen molar-refractivity contribution < 1.29 is 23.8 Å². The third kappa shape index (κ3) is 11.7. The zero-order valence-corrected chi connectivity index (χ0v) is 26.0. The average Bonchev–Trinajstić information content (AvgIpc) is 3.06. The van der Waals surface area contributed by atoms with Crippen molar-refractivity contribution in [3.05, 3.63) is 102 Å². The third-order valence-electron chi connectivity index (χ3n) is 7.50. The van der Waals surface area contributed by atoms with Crippen LogP contribution in [0.3, 0.4) is 0 Å². The molecule has 0 spiro atoms. The van der Waals surface area contributed by atoms with Crippen LogP contribution >= 0.6 is 0 Å². The maximum Gasteiger partial charge on any atom is 0.343 e. The van der Waals surface area contributed by atoms with Crippen molar-refractivity contribution in [2.24, 2.45) is 0 Å². The topological polar surface area (TPSA) is 85.6 Å². The average molecular weight is 596 g/mol. The predicted molar refractivity (Wildman–Crippen MR) is 174 cm³/mol. The SMILES string of the molecule is C=CC(=O)Oc1ccc(CCc2ccc(C#N)cc2)c(OC(=O)c2ccccc2)c1OCCCCCCCCCCCCC. The number of nitriles is 1. The van der Waals surface area contributed by atoms with E-state index in [1.807, 2.05) is 18.2 Å². The van der Waals surface area contributed by atoms with Crippen molar-refractivity contribution in [1.29, 1.82) is 5.26 Å². The Morgan fingerprint density at radius 3 is 2.00 bits per heavy atom. The first-order chi connectivity index (χ1) is 21.5. The molecule has 0 saturated heterocycles. The van der Waals surface area contributed by atoms with Crippen LogP contribution in [0.25, 0.3) is 0 Å². The summed E-state index contributed by atoms with van der Waals surface area (Å²) in [5, 5.41) is 9.12. The van der Waals surface area contributed by atoms with E-state index >= 15 is 0 Å². The van der Waals surface area contributed by atoms with E-state index in [9.17, 15) is 9.59 Å². The molecule has 3 aromatic carbocycles. The van der Waals surface area contributed by atoms with Gasteiger partial charge in [0.15, 0.2) is 11.5 Å². The number of nitrogens with zero attached hydrogens (tertiary/aromatic N) is 1. The second-order valence-electron chi connectivity index (χ2n) is 11.0. The monoisotopic (exact) mass is 595 g/mol. The molecule has 0 radical (unpaired) electrons. The van der Waals surface area contributed by atoms with Gasteiger partial charge in [-0.1, -0.05) is 114 Å². The van der Waals surface area contributed by atoms with Gasteiger partial charge in [-0.15, -0.1) is 0 Å². The minimum atomic E-state index is -0.629. The molecule has 0 heterocycles. The Hall–Kier alpha value is -4.37. The molecule has 0 saturated carbocycles. The second kappa shape index (κ2) is 19.7. The zero-order valence-electron chi connectivity index (χ0n) is 26.0. The molecule has 0 aliphatic heterocycles. The van der Waals surface area contributed by atoms with Crippen LogP contribution in [0, 0.1) is 11.3 Å². The Labute approximate surface area is 262 Å². The molecule has 0 aliphatic carbocycles. The van der Waals surface area contributed by atoms with Crippen molar-refractivity contribution in [2.45, 2.75) is 90.4 Å². The predicted octanol–water partition coefficient (Wildman–Crippen LogP) is 9.34. The van der Waals surface area contributed by atoms with Crippen molar-refractivity contribution in [1.82, 2.24) is 0 Å². The number of aryl methyl sites for hydroxylation is 2. The fraction of sp³-hybridized carbons (Fsp3) is 0.395. The minimum absolute atomic E-state index is 0.177. The van der Waals surface area contributed by atoms with E-state index < -0.39 is 11.9 Å². The van der Waals surface area contributed by atoms with E-state index in [1.165, 1.54) is 51.4 Å². The van der Waals surface area contributed by atoms with E-state index in [4.69, 9.17) is 19.5 Å². The van der Waals surface area contributed by atoms with Gasteiger partial charge >= 0.3 is 11.9 Å². The molecule has 6 nitrogen and oxygen atoms in total. The van der Waals surface area contributed by atoms with Crippen LogP contribution in [-0.4, -0.2) is 18.5 Å². The maximum absolute atomic E-state index is 13.2. The summed E-state index contributed by atoms with van der Waals surface area (Å²) in [5.41, 5.74) is 2.77. The molecule has 0 aromatic heterocycles. The molecule has 0 N–H and O–H groups in total. The summed E-state index contributed by atoms with van der Waals surface area (Å²) in [6.45, 7) is 6.14. The number of carbonyl (C=O) groups is 2. The van der Waals surface area contributed by atoms with Gasteiger partial charge in [-0.3, -0.25) is 0 Å². The van der Waals surface area contributed by atoms with Gasteiger partial charge in [0.1, 0.15) is 0 Å². The summed E-state index contributed by atoms with van der Waals surface area (Å²) in [4.78, 5) is 25.4. The molecule has 0 fully saturated rings. The van der Waals surface area contributed by atoms with Gasteiger partial charge in [0.25, 0.3) is 0 Å². The summed E-state index contributed by atoms with van der Waals surface area (Å²) in [6.07, 6.45) is 15.6. The van der Waals surface area contributed by atoms with Crippen LogP contribution in [0.2, 0.25) is 0 Å². The van der Waals surface area contributed by atoms with E-state index in [-0.39, 0.29) is 17.2 Å². The van der Waals surface area contributed by atoms with Gasteiger partial charge < -0.3 is 14.2 Å². The number of esters is 2. The fourth-order valence-corrected chi connectivity index (χ4v) is 4.95. The van der Waals surface area contributed by atoms with E-state index in [0.717, 1.165) is 36.5 Å². The smallest absolute Gasteiger partial charge is 0.343 e. The largest absolute Gasteiger partial charge is 0.486 e. The van der Waals surface area contributed by atoms with Crippen LogP contribution < -0.4 is 14.2 Å². The Bertz CT molecular complexity index is 1360. The van der Waals surface area contributed by atoms with Crippen molar-refractivity contribution in [2.75, 3.05) is 6.61 Å². The summed E-state index contributed by atoms with van der Waals surface area (Å²) in [7, 11) is 0. The molecular weight excluding hydrogens is 550 g/mol. The van der Waals surface area contributed by atoms with Crippen LogP contribution in [-0.2, 0) is 17.6 Å². The Morgan fingerprint density at radius 2 is 1.39 bits per heavy atom. The molecule has 44 heavy (non-hydrogen) atoms. The highest BCUT2D eigenvalue weighted by Gasteiger charge is 2.22. The summed E-state index contributed by atoms with van der Waals surface area (Å²) in [5.74, 6) is -0.512. The van der Waals surface area contributed by atoms with Crippen molar-refractivity contribution >= 4 is 11.9 Å². The first-order valence-corrected chi connectivity index (χ1v) is 15.9. The first kappa shape index (κ1) is 34.1. The van der Waals surface area contributed by atoms with Crippen LogP contribution in [0.5, 0.6) is 17.2 Å². The minimum Gasteiger partial charge on any atom is -0.486 e. The molecular formula is C38H45NO5. The van der Waals surface area contributed by atoms with Gasteiger partial charge in [0.2, 0.25) is 5.75 Å². The zero-order chi connectivity index (χ0) is 31.4. The van der Waals surface area contributed by atoms with E-state index in [0.29, 0.717) is 30.6 Å². The third-order valence-corrected chi connectivity index (χ3v) is 7.50. The van der Waals surface area contributed by atoms with Gasteiger partial charge in [-0.25, -0.2) is 9.59 Å². The Kier molecular flexibility index (Phi) is 15.3. The van der Waals surface area contributed by atoms with Crippen LogP contribution in [0.15, 0.2) is 79.4 Å². The quantitative estimate of drug-likeness (QED) is 0.0560. The summed E-state index contributed by atoms with van der Waals surface area (Å²) in [6, 6.07) is 21.7. The molecule has 0 aliphatic rings. The molecule has 6 heteroatoms. The molecule has 3 rings (SSSR count).